The molecule has 2 aromatic heterocycles. The second-order valence-electron chi connectivity index (χ2n) is 6.19. The number of nitrogens with zero attached hydrogens (tertiary/aromatic N) is 4. The highest BCUT2D eigenvalue weighted by Crippen LogP contribution is 2.19. The van der Waals surface area contributed by atoms with E-state index >= 15 is 0 Å². The number of benzene rings is 2. The van der Waals surface area contributed by atoms with E-state index < -0.39 is 11.9 Å². The number of aromatic nitrogens is 3. The minimum Gasteiger partial charge on any atom is -0.468 e. The largest absolute Gasteiger partial charge is 0.468 e. The van der Waals surface area contributed by atoms with Crippen LogP contribution in [0.2, 0.25) is 0 Å². The van der Waals surface area contributed by atoms with Gasteiger partial charge in [0.25, 0.3) is 5.91 Å². The van der Waals surface area contributed by atoms with Crippen LogP contribution in [0.4, 0.5) is 0 Å². The molecule has 0 fully saturated rings. The molecule has 0 saturated heterocycles. The summed E-state index contributed by atoms with van der Waals surface area (Å²) in [6, 6.07) is 10.9. The molecule has 4 aromatic rings. The Hall–Kier alpha value is -3.39. The van der Waals surface area contributed by atoms with Gasteiger partial charge in [0, 0.05) is 18.0 Å². The zero-order chi connectivity index (χ0) is 19.7. The van der Waals surface area contributed by atoms with E-state index in [1.54, 1.807) is 35.2 Å². The molecule has 7 nitrogen and oxygen atoms in total. The first kappa shape index (κ1) is 18.0. The number of esters is 1. The zero-order valence-corrected chi connectivity index (χ0v) is 16.1. The lowest BCUT2D eigenvalue weighted by molar-refractivity contribution is -0.141. The molecule has 0 bridgehead atoms. The fourth-order valence-electron chi connectivity index (χ4n) is 2.86. The lowest BCUT2D eigenvalue weighted by Gasteiger charge is -2.04. The van der Waals surface area contributed by atoms with Crippen molar-refractivity contribution in [2.75, 3.05) is 7.11 Å². The molecule has 2 aromatic carbocycles. The molecule has 2 heterocycles. The topological polar surface area (TPSA) is 86.4 Å². The van der Waals surface area contributed by atoms with Crippen molar-refractivity contribution in [3.05, 3.63) is 64.7 Å². The summed E-state index contributed by atoms with van der Waals surface area (Å²) in [6.07, 6.45) is 3.18. The maximum Gasteiger partial charge on any atom is 0.325 e. The number of hydrogen-bond acceptors (Lipinski definition) is 6. The highest BCUT2D eigenvalue weighted by Gasteiger charge is 2.13. The summed E-state index contributed by atoms with van der Waals surface area (Å²) in [5, 5.41) is 0. The van der Waals surface area contributed by atoms with Gasteiger partial charge in [-0.25, -0.2) is 0 Å². The number of rotatable bonds is 3. The Labute approximate surface area is 164 Å². The van der Waals surface area contributed by atoms with E-state index in [4.69, 9.17) is 4.74 Å². The predicted molar refractivity (Wildman–Crippen MR) is 106 cm³/mol. The molecule has 0 N–H and O–H groups in total. The number of aryl methyl sites for hydroxylation is 1. The summed E-state index contributed by atoms with van der Waals surface area (Å²) in [6.45, 7) is 1.97. The molecule has 0 saturated carbocycles. The predicted octanol–water partition coefficient (Wildman–Crippen LogP) is 2.87. The Morgan fingerprint density at radius 3 is 2.68 bits per heavy atom. The average molecular weight is 392 g/mol. The van der Waals surface area contributed by atoms with Crippen molar-refractivity contribution >= 4 is 44.5 Å². The smallest absolute Gasteiger partial charge is 0.325 e. The third-order valence-electron chi connectivity index (χ3n) is 4.27. The first-order valence-electron chi connectivity index (χ1n) is 8.52. The minimum absolute atomic E-state index is 0.0190. The second-order valence-corrected chi connectivity index (χ2v) is 7.20. The summed E-state index contributed by atoms with van der Waals surface area (Å²) in [5.41, 5.74) is 3.66. The van der Waals surface area contributed by atoms with Crippen LogP contribution >= 0.6 is 11.3 Å². The van der Waals surface area contributed by atoms with Gasteiger partial charge in [-0.1, -0.05) is 17.4 Å². The number of carbonyl (C=O) groups excluding carboxylic acids is 2. The lowest BCUT2D eigenvalue weighted by atomic mass is 10.2. The van der Waals surface area contributed by atoms with Gasteiger partial charge in [0.15, 0.2) is 4.80 Å². The maximum atomic E-state index is 12.8. The Morgan fingerprint density at radius 1 is 1.11 bits per heavy atom. The van der Waals surface area contributed by atoms with Gasteiger partial charge in [-0.15, -0.1) is 0 Å². The van der Waals surface area contributed by atoms with Gasteiger partial charge in [-0.05, 0) is 42.8 Å². The number of methoxy groups -OCH3 is 1. The number of hydrogen-bond donors (Lipinski definition) is 0. The van der Waals surface area contributed by atoms with Crippen LogP contribution in [0.1, 0.15) is 15.9 Å². The summed E-state index contributed by atoms with van der Waals surface area (Å²) >= 11 is 1.36. The van der Waals surface area contributed by atoms with E-state index in [1.807, 2.05) is 25.1 Å². The third kappa shape index (κ3) is 3.41. The molecule has 0 aliphatic heterocycles. The molecule has 28 heavy (non-hydrogen) atoms. The van der Waals surface area contributed by atoms with Crippen molar-refractivity contribution < 1.29 is 14.3 Å². The molecule has 1 amide bonds. The van der Waals surface area contributed by atoms with Crippen LogP contribution in [0.15, 0.2) is 53.8 Å². The van der Waals surface area contributed by atoms with Crippen molar-refractivity contribution in [3.63, 3.8) is 0 Å². The maximum absolute atomic E-state index is 12.8. The van der Waals surface area contributed by atoms with Gasteiger partial charge in [0.1, 0.15) is 6.54 Å². The van der Waals surface area contributed by atoms with Crippen LogP contribution in [0.25, 0.3) is 21.3 Å². The SMILES string of the molecule is COC(=O)Cn1c(=NC(=O)c2ccc3nccnc3c2)sc2cc(C)ccc21. The summed E-state index contributed by atoms with van der Waals surface area (Å²) in [7, 11) is 1.33. The fraction of sp³-hybridized carbons (Fsp3) is 0.150. The van der Waals surface area contributed by atoms with Gasteiger partial charge in [0.05, 0.1) is 28.4 Å². The van der Waals surface area contributed by atoms with E-state index in [2.05, 4.69) is 15.0 Å². The molecule has 0 aliphatic carbocycles. The van der Waals surface area contributed by atoms with Crippen LogP contribution in [-0.4, -0.2) is 33.5 Å². The highest BCUT2D eigenvalue weighted by molar-refractivity contribution is 7.16. The molecule has 0 spiro atoms. The van der Waals surface area contributed by atoms with E-state index in [1.165, 1.54) is 18.4 Å². The Balaban J connectivity index is 1.83. The Morgan fingerprint density at radius 2 is 1.89 bits per heavy atom. The summed E-state index contributed by atoms with van der Waals surface area (Å²) in [4.78, 5) is 37.8. The minimum atomic E-state index is -0.408. The molecular formula is C20H16N4O3S. The van der Waals surface area contributed by atoms with Gasteiger partial charge < -0.3 is 9.30 Å². The van der Waals surface area contributed by atoms with Crippen molar-refractivity contribution in [1.82, 2.24) is 14.5 Å². The van der Waals surface area contributed by atoms with Crippen LogP contribution in [-0.2, 0) is 16.1 Å². The van der Waals surface area contributed by atoms with Crippen LogP contribution in [0.3, 0.4) is 0 Å². The molecule has 0 unspecified atom stereocenters. The highest BCUT2D eigenvalue weighted by atomic mass is 32.1. The molecule has 8 heteroatoms. The third-order valence-corrected chi connectivity index (χ3v) is 5.31. The van der Waals surface area contributed by atoms with Crippen LogP contribution in [0, 0.1) is 6.92 Å². The fourth-order valence-corrected chi connectivity index (χ4v) is 3.99. The normalized spacial score (nSPS) is 11.9. The van der Waals surface area contributed by atoms with E-state index in [0.717, 1.165) is 15.8 Å². The van der Waals surface area contributed by atoms with Crippen molar-refractivity contribution in [1.29, 1.82) is 0 Å². The van der Waals surface area contributed by atoms with Gasteiger partial charge >= 0.3 is 5.97 Å². The molecule has 0 atom stereocenters. The molecular weight excluding hydrogens is 376 g/mol. The number of carbonyl (C=O) groups is 2. The van der Waals surface area contributed by atoms with Crippen molar-refractivity contribution in [2.24, 2.45) is 4.99 Å². The molecule has 0 aliphatic rings. The number of fused-ring (bicyclic) bond motifs is 2. The number of amides is 1. The Bertz CT molecular complexity index is 1290. The van der Waals surface area contributed by atoms with Crippen molar-refractivity contribution in [3.8, 4) is 0 Å². The summed E-state index contributed by atoms with van der Waals surface area (Å²) < 4.78 is 7.43. The van der Waals surface area contributed by atoms with E-state index in [9.17, 15) is 9.59 Å². The summed E-state index contributed by atoms with van der Waals surface area (Å²) in [5.74, 6) is -0.815. The van der Waals surface area contributed by atoms with Gasteiger partial charge in [-0.3, -0.25) is 19.6 Å². The van der Waals surface area contributed by atoms with Crippen molar-refractivity contribution in [2.45, 2.75) is 13.5 Å². The Kier molecular flexibility index (Phi) is 4.70. The van der Waals surface area contributed by atoms with Crippen LogP contribution < -0.4 is 4.80 Å². The van der Waals surface area contributed by atoms with Gasteiger partial charge in [0.2, 0.25) is 0 Å². The lowest BCUT2D eigenvalue weighted by Crippen LogP contribution is -2.22. The quantitative estimate of drug-likeness (QED) is 0.501. The first-order valence-corrected chi connectivity index (χ1v) is 9.33. The van der Waals surface area contributed by atoms with Gasteiger partial charge in [-0.2, -0.15) is 4.99 Å². The van der Waals surface area contributed by atoms with E-state index in [-0.39, 0.29) is 6.54 Å². The second kappa shape index (κ2) is 7.32. The standard InChI is InChI=1S/C20H16N4O3S/c1-12-3-6-16-17(9-12)28-20(24(16)11-18(25)27-2)23-19(26)13-4-5-14-15(10-13)22-8-7-21-14/h3-10H,11H2,1-2H3. The molecule has 4 rings (SSSR count). The molecule has 140 valence electrons. The zero-order valence-electron chi connectivity index (χ0n) is 15.2. The number of ether oxygens (including phenoxy) is 1. The van der Waals surface area contributed by atoms with Crippen LogP contribution in [0.5, 0.6) is 0 Å². The molecule has 0 radical (unpaired) electrons. The number of thiazole rings is 1. The monoisotopic (exact) mass is 392 g/mol. The first-order chi connectivity index (χ1) is 13.5. The average Bonchev–Trinajstić information content (AvgIpc) is 3.03. The van der Waals surface area contributed by atoms with E-state index in [0.29, 0.717) is 21.4 Å².